The molecule has 5 nitrogen and oxygen atoms in total. The Hall–Kier alpha value is -1.10. The lowest BCUT2D eigenvalue weighted by Gasteiger charge is -2.25. The topological polar surface area (TPSA) is 66.8 Å². The van der Waals surface area contributed by atoms with E-state index >= 15 is 0 Å². The molecular formula is C13H21NO4. The molecule has 0 radical (unpaired) electrons. The maximum absolute atomic E-state index is 12.1. The zero-order valence-electron chi connectivity index (χ0n) is 10.9. The van der Waals surface area contributed by atoms with Crippen molar-refractivity contribution in [3.05, 3.63) is 0 Å². The summed E-state index contributed by atoms with van der Waals surface area (Å²) >= 11 is 0. The van der Waals surface area contributed by atoms with Crippen molar-refractivity contribution >= 4 is 11.9 Å². The average molecular weight is 255 g/mol. The molecule has 0 aromatic rings. The van der Waals surface area contributed by atoms with Gasteiger partial charge >= 0.3 is 5.97 Å². The molecule has 5 heteroatoms. The van der Waals surface area contributed by atoms with E-state index in [1.54, 1.807) is 11.8 Å². The predicted octanol–water partition coefficient (Wildman–Crippen LogP) is 1.27. The van der Waals surface area contributed by atoms with Gasteiger partial charge in [-0.15, -0.1) is 0 Å². The highest BCUT2D eigenvalue weighted by atomic mass is 16.5. The van der Waals surface area contributed by atoms with Crippen molar-refractivity contribution in [2.24, 2.45) is 5.41 Å². The molecule has 0 saturated carbocycles. The van der Waals surface area contributed by atoms with Gasteiger partial charge in [-0.3, -0.25) is 9.59 Å². The van der Waals surface area contributed by atoms with Crippen LogP contribution >= 0.6 is 0 Å². The Bertz CT molecular complexity index is 338. The summed E-state index contributed by atoms with van der Waals surface area (Å²) in [5, 5.41) is 9.13. The van der Waals surface area contributed by atoms with Crippen LogP contribution in [-0.4, -0.2) is 47.7 Å². The number of aliphatic carboxylic acids is 1. The van der Waals surface area contributed by atoms with Crippen molar-refractivity contribution in [3.63, 3.8) is 0 Å². The van der Waals surface area contributed by atoms with Crippen molar-refractivity contribution < 1.29 is 19.4 Å². The van der Waals surface area contributed by atoms with Crippen LogP contribution in [0.1, 0.15) is 39.0 Å². The van der Waals surface area contributed by atoms with E-state index in [0.29, 0.717) is 25.9 Å². The van der Waals surface area contributed by atoms with Crippen LogP contribution in [0.4, 0.5) is 0 Å². The van der Waals surface area contributed by atoms with Crippen molar-refractivity contribution in [3.8, 4) is 0 Å². The van der Waals surface area contributed by atoms with Gasteiger partial charge in [-0.1, -0.05) is 0 Å². The van der Waals surface area contributed by atoms with Crippen molar-refractivity contribution in [1.82, 2.24) is 4.90 Å². The SMILES string of the molecule is C[C@@]1(C(=O)O)CCN(C(=O)C[C@H]2CCCCO2)C1. The summed E-state index contributed by atoms with van der Waals surface area (Å²) in [4.78, 5) is 24.9. The molecule has 2 atom stereocenters. The molecule has 1 amide bonds. The summed E-state index contributed by atoms with van der Waals surface area (Å²) in [6, 6.07) is 0. The number of carbonyl (C=O) groups is 2. The van der Waals surface area contributed by atoms with Gasteiger partial charge in [0, 0.05) is 19.7 Å². The van der Waals surface area contributed by atoms with E-state index in [9.17, 15) is 9.59 Å². The number of hydrogen-bond acceptors (Lipinski definition) is 3. The minimum atomic E-state index is -0.813. The van der Waals surface area contributed by atoms with Gasteiger partial charge in [0.2, 0.25) is 5.91 Å². The maximum atomic E-state index is 12.1. The Balaban J connectivity index is 1.85. The standard InChI is InChI=1S/C13H21NO4/c1-13(12(16)17)5-6-14(9-13)11(15)8-10-4-2-3-7-18-10/h10H,2-9H2,1H3,(H,16,17)/t10-,13-/m1/s1. The van der Waals surface area contributed by atoms with Crippen molar-refractivity contribution in [2.75, 3.05) is 19.7 Å². The van der Waals surface area contributed by atoms with E-state index in [2.05, 4.69) is 0 Å². The summed E-state index contributed by atoms with van der Waals surface area (Å²) < 4.78 is 5.54. The molecular weight excluding hydrogens is 234 g/mol. The highest BCUT2D eigenvalue weighted by molar-refractivity contribution is 5.80. The van der Waals surface area contributed by atoms with Gasteiger partial charge in [0.15, 0.2) is 0 Å². The summed E-state index contributed by atoms with van der Waals surface area (Å²) in [5.41, 5.74) is -0.775. The normalized spacial score (nSPS) is 32.5. The predicted molar refractivity (Wildman–Crippen MR) is 65.1 cm³/mol. The van der Waals surface area contributed by atoms with Crippen LogP contribution in [0, 0.1) is 5.41 Å². The van der Waals surface area contributed by atoms with Crippen LogP contribution < -0.4 is 0 Å². The number of rotatable bonds is 3. The molecule has 2 fully saturated rings. The Morgan fingerprint density at radius 2 is 2.22 bits per heavy atom. The molecule has 0 bridgehead atoms. The van der Waals surface area contributed by atoms with Gasteiger partial charge in [-0.25, -0.2) is 0 Å². The molecule has 2 saturated heterocycles. The number of amides is 1. The van der Waals surface area contributed by atoms with E-state index < -0.39 is 11.4 Å². The minimum absolute atomic E-state index is 0.0305. The van der Waals surface area contributed by atoms with Gasteiger partial charge in [0.05, 0.1) is 17.9 Å². The van der Waals surface area contributed by atoms with Crippen LogP contribution in [0.2, 0.25) is 0 Å². The highest BCUT2D eigenvalue weighted by Crippen LogP contribution is 2.31. The van der Waals surface area contributed by atoms with Crippen LogP contribution in [0.25, 0.3) is 0 Å². The van der Waals surface area contributed by atoms with E-state index in [4.69, 9.17) is 9.84 Å². The quantitative estimate of drug-likeness (QED) is 0.824. The Labute approximate surface area is 107 Å². The second-order valence-electron chi connectivity index (χ2n) is 5.62. The summed E-state index contributed by atoms with van der Waals surface area (Å²) in [6.45, 7) is 3.33. The molecule has 0 unspecified atom stereocenters. The highest BCUT2D eigenvalue weighted by Gasteiger charge is 2.42. The Morgan fingerprint density at radius 3 is 2.78 bits per heavy atom. The molecule has 102 valence electrons. The second kappa shape index (κ2) is 5.26. The fraction of sp³-hybridized carbons (Fsp3) is 0.846. The van der Waals surface area contributed by atoms with E-state index in [0.717, 1.165) is 25.9 Å². The molecule has 1 N–H and O–H groups in total. The fourth-order valence-corrected chi connectivity index (χ4v) is 2.64. The Morgan fingerprint density at radius 1 is 1.44 bits per heavy atom. The summed E-state index contributed by atoms with van der Waals surface area (Å²) in [6.07, 6.45) is 4.10. The molecule has 0 aromatic carbocycles. The third-order valence-electron chi connectivity index (χ3n) is 4.02. The number of hydrogen-bond donors (Lipinski definition) is 1. The Kier molecular flexibility index (Phi) is 3.90. The third kappa shape index (κ3) is 2.83. The first-order valence-electron chi connectivity index (χ1n) is 6.64. The number of carbonyl (C=O) groups excluding carboxylic acids is 1. The molecule has 0 spiro atoms. The number of carboxylic acid groups (broad SMARTS) is 1. The van der Waals surface area contributed by atoms with E-state index in [-0.39, 0.29) is 12.0 Å². The third-order valence-corrected chi connectivity index (χ3v) is 4.02. The van der Waals surface area contributed by atoms with Crippen molar-refractivity contribution in [2.45, 2.75) is 45.1 Å². The zero-order valence-corrected chi connectivity index (χ0v) is 10.9. The average Bonchev–Trinajstić information content (AvgIpc) is 2.75. The maximum Gasteiger partial charge on any atom is 0.311 e. The van der Waals surface area contributed by atoms with Crippen LogP contribution in [0.15, 0.2) is 0 Å². The molecule has 18 heavy (non-hydrogen) atoms. The lowest BCUT2D eigenvalue weighted by atomic mass is 9.90. The largest absolute Gasteiger partial charge is 0.481 e. The summed E-state index contributed by atoms with van der Waals surface area (Å²) in [5.74, 6) is -0.779. The fourth-order valence-electron chi connectivity index (χ4n) is 2.64. The van der Waals surface area contributed by atoms with Gasteiger partial charge < -0.3 is 14.7 Å². The van der Waals surface area contributed by atoms with Gasteiger partial charge in [0.1, 0.15) is 0 Å². The van der Waals surface area contributed by atoms with Crippen LogP contribution in [-0.2, 0) is 14.3 Å². The summed E-state index contributed by atoms with van der Waals surface area (Å²) in [7, 11) is 0. The van der Waals surface area contributed by atoms with Gasteiger partial charge in [0.25, 0.3) is 0 Å². The molecule has 0 aliphatic carbocycles. The lowest BCUT2D eigenvalue weighted by Crippen LogP contribution is -2.37. The number of ether oxygens (including phenoxy) is 1. The smallest absolute Gasteiger partial charge is 0.311 e. The number of likely N-dealkylation sites (tertiary alicyclic amines) is 1. The number of nitrogens with zero attached hydrogens (tertiary/aromatic N) is 1. The molecule has 2 heterocycles. The molecule has 2 rings (SSSR count). The molecule has 0 aromatic heterocycles. The van der Waals surface area contributed by atoms with Crippen molar-refractivity contribution in [1.29, 1.82) is 0 Å². The van der Waals surface area contributed by atoms with E-state index in [1.165, 1.54) is 0 Å². The van der Waals surface area contributed by atoms with Crippen LogP contribution in [0.5, 0.6) is 0 Å². The van der Waals surface area contributed by atoms with Gasteiger partial charge in [-0.2, -0.15) is 0 Å². The monoisotopic (exact) mass is 255 g/mol. The van der Waals surface area contributed by atoms with Gasteiger partial charge in [-0.05, 0) is 32.6 Å². The van der Waals surface area contributed by atoms with Crippen LogP contribution in [0.3, 0.4) is 0 Å². The minimum Gasteiger partial charge on any atom is -0.481 e. The first-order chi connectivity index (χ1) is 8.51. The zero-order chi connectivity index (χ0) is 13.2. The molecule has 2 aliphatic heterocycles. The molecule has 2 aliphatic rings. The second-order valence-corrected chi connectivity index (χ2v) is 5.62. The first kappa shape index (κ1) is 13.3. The number of carboxylic acids is 1. The van der Waals surface area contributed by atoms with E-state index in [1.807, 2.05) is 0 Å². The first-order valence-corrected chi connectivity index (χ1v) is 6.64. The lowest BCUT2D eigenvalue weighted by molar-refractivity contribution is -0.147.